The average molecular weight is 242 g/mol. The third-order valence-corrected chi connectivity index (χ3v) is 2.95. The fraction of sp³-hybridized carbons (Fsp3) is 0.267. The molecule has 0 saturated carbocycles. The molecule has 0 amide bonds. The predicted octanol–water partition coefficient (Wildman–Crippen LogP) is 2.58. The van der Waals surface area contributed by atoms with Crippen molar-refractivity contribution in [3.05, 3.63) is 64.1 Å². The second kappa shape index (κ2) is 5.54. The molecule has 94 valence electrons. The van der Waals surface area contributed by atoms with Gasteiger partial charge in [0.25, 0.3) is 5.56 Å². The van der Waals surface area contributed by atoms with Crippen LogP contribution in [0.1, 0.15) is 11.1 Å². The molecule has 2 rings (SSSR count). The van der Waals surface area contributed by atoms with E-state index in [0.29, 0.717) is 6.54 Å². The number of anilines is 1. The molecule has 2 aromatic rings. The molecule has 1 aromatic heterocycles. The number of rotatable bonds is 4. The maximum atomic E-state index is 11.5. The van der Waals surface area contributed by atoms with Gasteiger partial charge in [-0.3, -0.25) is 4.79 Å². The topological polar surface area (TPSA) is 34.0 Å². The maximum absolute atomic E-state index is 11.5. The van der Waals surface area contributed by atoms with E-state index in [9.17, 15) is 4.79 Å². The van der Waals surface area contributed by atoms with E-state index in [1.165, 1.54) is 11.1 Å². The van der Waals surface area contributed by atoms with Crippen LogP contribution < -0.4 is 10.9 Å². The third kappa shape index (κ3) is 3.00. The molecule has 0 atom stereocenters. The molecule has 3 heteroatoms. The Morgan fingerprint density at radius 3 is 2.72 bits per heavy atom. The van der Waals surface area contributed by atoms with Crippen molar-refractivity contribution in [2.75, 3.05) is 11.9 Å². The zero-order chi connectivity index (χ0) is 13.0. The van der Waals surface area contributed by atoms with E-state index in [2.05, 4.69) is 37.4 Å². The number of aryl methyl sites for hydroxylation is 2. The molecule has 1 heterocycles. The Labute approximate surface area is 107 Å². The Bertz CT molecular complexity index is 587. The van der Waals surface area contributed by atoms with Gasteiger partial charge < -0.3 is 9.88 Å². The van der Waals surface area contributed by atoms with E-state index in [1.54, 1.807) is 16.7 Å². The van der Waals surface area contributed by atoms with E-state index in [1.807, 2.05) is 12.3 Å². The standard InChI is InChI=1S/C15H18N2O/c1-12-6-7-14(13(2)11-12)16-8-10-17-9-4-3-5-15(17)18/h3-7,9,11,16H,8,10H2,1-2H3. The zero-order valence-corrected chi connectivity index (χ0v) is 10.8. The Balaban J connectivity index is 1.97. The van der Waals surface area contributed by atoms with E-state index in [4.69, 9.17) is 0 Å². The van der Waals surface area contributed by atoms with Gasteiger partial charge in [-0.1, -0.05) is 23.8 Å². The summed E-state index contributed by atoms with van der Waals surface area (Å²) < 4.78 is 1.70. The Morgan fingerprint density at radius 2 is 2.00 bits per heavy atom. The lowest BCUT2D eigenvalue weighted by molar-refractivity contribution is 0.697. The lowest BCUT2D eigenvalue weighted by Crippen LogP contribution is -2.22. The summed E-state index contributed by atoms with van der Waals surface area (Å²) in [6, 6.07) is 11.5. The highest BCUT2D eigenvalue weighted by molar-refractivity contribution is 5.51. The second-order valence-corrected chi connectivity index (χ2v) is 4.48. The smallest absolute Gasteiger partial charge is 0.250 e. The van der Waals surface area contributed by atoms with E-state index in [0.717, 1.165) is 12.2 Å². The van der Waals surface area contributed by atoms with Crippen LogP contribution in [0, 0.1) is 13.8 Å². The van der Waals surface area contributed by atoms with Crippen molar-refractivity contribution < 1.29 is 0 Å². The van der Waals surface area contributed by atoms with Crippen LogP contribution in [0.2, 0.25) is 0 Å². The van der Waals surface area contributed by atoms with Crippen molar-refractivity contribution in [2.24, 2.45) is 0 Å². The number of nitrogens with one attached hydrogen (secondary N) is 1. The fourth-order valence-corrected chi connectivity index (χ4v) is 1.97. The van der Waals surface area contributed by atoms with Crippen molar-refractivity contribution in [1.82, 2.24) is 4.57 Å². The number of hydrogen-bond donors (Lipinski definition) is 1. The number of pyridine rings is 1. The van der Waals surface area contributed by atoms with Crippen LogP contribution in [0.4, 0.5) is 5.69 Å². The van der Waals surface area contributed by atoms with E-state index < -0.39 is 0 Å². The number of benzene rings is 1. The van der Waals surface area contributed by atoms with Gasteiger partial charge in [0, 0.05) is 31.0 Å². The highest BCUT2D eigenvalue weighted by atomic mass is 16.1. The molecule has 1 aromatic carbocycles. The molecule has 0 aliphatic rings. The Kier molecular flexibility index (Phi) is 3.82. The molecule has 0 bridgehead atoms. The molecule has 1 N–H and O–H groups in total. The molecular weight excluding hydrogens is 224 g/mol. The van der Waals surface area contributed by atoms with Crippen molar-refractivity contribution in [3.8, 4) is 0 Å². The highest BCUT2D eigenvalue weighted by Crippen LogP contribution is 2.15. The summed E-state index contributed by atoms with van der Waals surface area (Å²) in [6.45, 7) is 5.59. The lowest BCUT2D eigenvalue weighted by atomic mass is 10.1. The maximum Gasteiger partial charge on any atom is 0.250 e. The lowest BCUT2D eigenvalue weighted by Gasteiger charge is -2.11. The minimum absolute atomic E-state index is 0.0416. The van der Waals surface area contributed by atoms with Gasteiger partial charge in [0.05, 0.1) is 0 Å². The first-order chi connectivity index (χ1) is 8.66. The quantitative estimate of drug-likeness (QED) is 0.894. The minimum atomic E-state index is 0.0416. The van der Waals surface area contributed by atoms with Crippen LogP contribution in [-0.4, -0.2) is 11.1 Å². The molecule has 18 heavy (non-hydrogen) atoms. The Morgan fingerprint density at radius 1 is 1.17 bits per heavy atom. The summed E-state index contributed by atoms with van der Waals surface area (Å²) in [4.78, 5) is 11.5. The van der Waals surface area contributed by atoms with E-state index >= 15 is 0 Å². The van der Waals surface area contributed by atoms with Crippen LogP contribution in [0.25, 0.3) is 0 Å². The number of nitrogens with zero attached hydrogens (tertiary/aromatic N) is 1. The van der Waals surface area contributed by atoms with Gasteiger partial charge in [-0.15, -0.1) is 0 Å². The van der Waals surface area contributed by atoms with Gasteiger partial charge in [0.1, 0.15) is 0 Å². The normalized spacial score (nSPS) is 10.3. The van der Waals surface area contributed by atoms with Gasteiger partial charge in [0.2, 0.25) is 0 Å². The minimum Gasteiger partial charge on any atom is -0.383 e. The first-order valence-electron chi connectivity index (χ1n) is 6.13. The average Bonchev–Trinajstić information content (AvgIpc) is 2.34. The summed E-state index contributed by atoms with van der Waals surface area (Å²) in [5.41, 5.74) is 3.66. The summed E-state index contributed by atoms with van der Waals surface area (Å²) in [5, 5.41) is 3.36. The second-order valence-electron chi connectivity index (χ2n) is 4.48. The molecule has 0 unspecified atom stereocenters. The highest BCUT2D eigenvalue weighted by Gasteiger charge is 1.98. The van der Waals surface area contributed by atoms with Crippen molar-refractivity contribution in [1.29, 1.82) is 0 Å². The number of hydrogen-bond acceptors (Lipinski definition) is 2. The van der Waals surface area contributed by atoms with Crippen LogP contribution in [0.15, 0.2) is 47.4 Å². The summed E-state index contributed by atoms with van der Waals surface area (Å²) in [5.74, 6) is 0. The molecule has 0 radical (unpaired) electrons. The molecule has 0 aliphatic heterocycles. The van der Waals surface area contributed by atoms with Crippen molar-refractivity contribution in [3.63, 3.8) is 0 Å². The molecule has 3 nitrogen and oxygen atoms in total. The first kappa shape index (κ1) is 12.4. The van der Waals surface area contributed by atoms with Crippen molar-refractivity contribution >= 4 is 5.69 Å². The first-order valence-corrected chi connectivity index (χ1v) is 6.13. The molecular formula is C15H18N2O. The van der Waals surface area contributed by atoms with Gasteiger partial charge in [0.15, 0.2) is 0 Å². The largest absolute Gasteiger partial charge is 0.383 e. The van der Waals surface area contributed by atoms with Crippen LogP contribution >= 0.6 is 0 Å². The van der Waals surface area contributed by atoms with Gasteiger partial charge in [-0.25, -0.2) is 0 Å². The monoisotopic (exact) mass is 242 g/mol. The van der Waals surface area contributed by atoms with Gasteiger partial charge >= 0.3 is 0 Å². The van der Waals surface area contributed by atoms with E-state index in [-0.39, 0.29) is 5.56 Å². The molecule has 0 spiro atoms. The van der Waals surface area contributed by atoms with Crippen LogP contribution in [0.3, 0.4) is 0 Å². The fourth-order valence-electron chi connectivity index (χ4n) is 1.97. The third-order valence-electron chi connectivity index (χ3n) is 2.95. The van der Waals surface area contributed by atoms with Crippen LogP contribution in [-0.2, 0) is 6.54 Å². The number of aromatic nitrogens is 1. The van der Waals surface area contributed by atoms with Crippen molar-refractivity contribution in [2.45, 2.75) is 20.4 Å². The molecule has 0 saturated heterocycles. The molecule has 0 aliphatic carbocycles. The van der Waals surface area contributed by atoms with Gasteiger partial charge in [-0.05, 0) is 31.5 Å². The van der Waals surface area contributed by atoms with Crippen LogP contribution in [0.5, 0.6) is 0 Å². The SMILES string of the molecule is Cc1ccc(NCCn2ccccc2=O)c(C)c1. The summed E-state index contributed by atoms with van der Waals surface area (Å²) in [7, 11) is 0. The Hall–Kier alpha value is -2.03. The predicted molar refractivity (Wildman–Crippen MR) is 75.1 cm³/mol. The molecule has 0 fully saturated rings. The van der Waals surface area contributed by atoms with Gasteiger partial charge in [-0.2, -0.15) is 0 Å². The summed E-state index contributed by atoms with van der Waals surface area (Å²) in [6.07, 6.45) is 1.81. The zero-order valence-electron chi connectivity index (χ0n) is 10.8. The summed E-state index contributed by atoms with van der Waals surface area (Å²) >= 11 is 0.